The fourth-order valence-corrected chi connectivity index (χ4v) is 3.08. The van der Waals surface area contributed by atoms with E-state index < -0.39 is 0 Å². The third-order valence-corrected chi connectivity index (χ3v) is 4.21. The molecule has 2 N–H and O–H groups in total. The van der Waals surface area contributed by atoms with Gasteiger partial charge < -0.3 is 15.4 Å². The van der Waals surface area contributed by atoms with E-state index in [2.05, 4.69) is 43.0 Å². The average Bonchev–Trinajstić information content (AvgIpc) is 2.48. The van der Waals surface area contributed by atoms with Gasteiger partial charge in [0, 0.05) is 25.7 Å². The summed E-state index contributed by atoms with van der Waals surface area (Å²) in [5.74, 6) is 0.456. The number of likely N-dealkylation sites (tertiary alicyclic amines) is 1. The molecule has 3 unspecified atom stereocenters. The lowest BCUT2D eigenvalue weighted by Gasteiger charge is -2.35. The third kappa shape index (κ3) is 4.30. The summed E-state index contributed by atoms with van der Waals surface area (Å²) in [5.41, 5.74) is 7.63. The lowest BCUT2D eigenvalue weighted by atomic mass is 9.94. The summed E-state index contributed by atoms with van der Waals surface area (Å²) >= 11 is 0. The predicted octanol–water partition coefficient (Wildman–Crippen LogP) is 2.82. The maximum absolute atomic E-state index is 6.39. The van der Waals surface area contributed by atoms with Crippen LogP contribution in [0.2, 0.25) is 0 Å². The van der Waals surface area contributed by atoms with E-state index in [1.54, 1.807) is 0 Å². The van der Waals surface area contributed by atoms with Crippen molar-refractivity contribution in [2.24, 2.45) is 11.7 Å². The molecule has 0 spiro atoms. The SMILES string of the molecule is CCOC1CCCN(CC(C)C(N)c2ccccc2)C1. The lowest BCUT2D eigenvalue weighted by molar-refractivity contribution is 0.00152. The lowest BCUT2D eigenvalue weighted by Crippen LogP contribution is -2.43. The highest BCUT2D eigenvalue weighted by Crippen LogP contribution is 2.22. The third-order valence-electron chi connectivity index (χ3n) is 4.21. The van der Waals surface area contributed by atoms with E-state index in [4.69, 9.17) is 10.5 Å². The van der Waals surface area contributed by atoms with Crippen LogP contribution in [0.5, 0.6) is 0 Å². The molecule has 1 fully saturated rings. The van der Waals surface area contributed by atoms with Crippen molar-refractivity contribution in [1.82, 2.24) is 4.90 Å². The van der Waals surface area contributed by atoms with Crippen molar-refractivity contribution >= 4 is 0 Å². The Morgan fingerprint density at radius 1 is 1.35 bits per heavy atom. The van der Waals surface area contributed by atoms with Crippen LogP contribution in [0.1, 0.15) is 38.3 Å². The zero-order chi connectivity index (χ0) is 14.4. The van der Waals surface area contributed by atoms with Crippen LogP contribution in [-0.2, 0) is 4.74 Å². The van der Waals surface area contributed by atoms with Gasteiger partial charge in [0.25, 0.3) is 0 Å². The van der Waals surface area contributed by atoms with Gasteiger partial charge in [0.1, 0.15) is 0 Å². The van der Waals surface area contributed by atoms with Gasteiger partial charge in [-0.3, -0.25) is 0 Å². The Morgan fingerprint density at radius 2 is 2.10 bits per heavy atom. The first-order valence-corrected chi connectivity index (χ1v) is 7.85. The van der Waals surface area contributed by atoms with Gasteiger partial charge in [0.15, 0.2) is 0 Å². The van der Waals surface area contributed by atoms with E-state index >= 15 is 0 Å². The fourth-order valence-electron chi connectivity index (χ4n) is 3.08. The van der Waals surface area contributed by atoms with Crippen LogP contribution in [-0.4, -0.2) is 37.2 Å². The molecule has 3 nitrogen and oxygen atoms in total. The van der Waals surface area contributed by atoms with Crippen LogP contribution in [0, 0.1) is 5.92 Å². The fraction of sp³-hybridized carbons (Fsp3) is 0.647. The highest BCUT2D eigenvalue weighted by molar-refractivity contribution is 5.19. The normalized spacial score (nSPS) is 23.4. The number of hydrogen-bond donors (Lipinski definition) is 1. The molecular formula is C17H28N2O. The maximum atomic E-state index is 6.39. The molecule has 0 amide bonds. The average molecular weight is 276 g/mol. The van der Waals surface area contributed by atoms with Crippen molar-refractivity contribution in [3.8, 4) is 0 Å². The molecule has 1 aliphatic rings. The van der Waals surface area contributed by atoms with Gasteiger partial charge in [-0.05, 0) is 37.8 Å². The molecule has 0 aromatic heterocycles. The van der Waals surface area contributed by atoms with Crippen molar-refractivity contribution in [2.75, 3.05) is 26.2 Å². The topological polar surface area (TPSA) is 38.5 Å². The first kappa shape index (κ1) is 15.5. The molecule has 2 rings (SSSR count). The molecule has 1 aromatic rings. The Balaban J connectivity index is 1.86. The zero-order valence-electron chi connectivity index (χ0n) is 12.8. The van der Waals surface area contributed by atoms with E-state index in [1.165, 1.54) is 24.9 Å². The number of ether oxygens (including phenoxy) is 1. The van der Waals surface area contributed by atoms with Crippen molar-refractivity contribution in [3.05, 3.63) is 35.9 Å². The molecule has 0 radical (unpaired) electrons. The molecule has 1 heterocycles. The Kier molecular flexibility index (Phi) is 6.02. The molecule has 0 saturated carbocycles. The Bertz CT molecular complexity index is 380. The van der Waals surface area contributed by atoms with Crippen LogP contribution in [0.3, 0.4) is 0 Å². The minimum atomic E-state index is 0.115. The summed E-state index contributed by atoms with van der Waals surface area (Å²) in [7, 11) is 0. The summed E-state index contributed by atoms with van der Waals surface area (Å²) in [5, 5.41) is 0. The largest absolute Gasteiger partial charge is 0.377 e. The summed E-state index contributed by atoms with van der Waals surface area (Å²) in [6.07, 6.45) is 2.84. The Morgan fingerprint density at radius 3 is 2.80 bits per heavy atom. The van der Waals surface area contributed by atoms with Gasteiger partial charge in [-0.15, -0.1) is 0 Å². The summed E-state index contributed by atoms with van der Waals surface area (Å²) < 4.78 is 5.77. The Labute approximate surface area is 123 Å². The van der Waals surface area contributed by atoms with Crippen molar-refractivity contribution in [1.29, 1.82) is 0 Å². The predicted molar refractivity (Wildman–Crippen MR) is 83.6 cm³/mol. The maximum Gasteiger partial charge on any atom is 0.0702 e. The second-order valence-corrected chi connectivity index (χ2v) is 5.89. The monoisotopic (exact) mass is 276 g/mol. The van der Waals surface area contributed by atoms with Gasteiger partial charge in [-0.2, -0.15) is 0 Å². The molecule has 112 valence electrons. The van der Waals surface area contributed by atoms with Crippen molar-refractivity contribution in [2.45, 2.75) is 38.8 Å². The molecule has 3 heteroatoms. The van der Waals surface area contributed by atoms with E-state index in [0.29, 0.717) is 12.0 Å². The summed E-state index contributed by atoms with van der Waals surface area (Å²) in [6.45, 7) is 8.43. The molecular weight excluding hydrogens is 248 g/mol. The molecule has 1 aliphatic heterocycles. The number of nitrogens with zero attached hydrogens (tertiary/aromatic N) is 1. The van der Waals surface area contributed by atoms with E-state index in [0.717, 1.165) is 19.7 Å². The minimum absolute atomic E-state index is 0.115. The Hall–Kier alpha value is -0.900. The second-order valence-electron chi connectivity index (χ2n) is 5.89. The quantitative estimate of drug-likeness (QED) is 0.868. The second kappa shape index (κ2) is 7.77. The number of nitrogens with two attached hydrogens (primary N) is 1. The summed E-state index contributed by atoms with van der Waals surface area (Å²) in [4.78, 5) is 2.51. The van der Waals surface area contributed by atoms with Gasteiger partial charge in [0.05, 0.1) is 6.10 Å². The smallest absolute Gasteiger partial charge is 0.0702 e. The first-order valence-electron chi connectivity index (χ1n) is 7.85. The van der Waals surface area contributed by atoms with Crippen LogP contribution in [0.15, 0.2) is 30.3 Å². The molecule has 0 aliphatic carbocycles. The molecule has 1 aromatic carbocycles. The minimum Gasteiger partial charge on any atom is -0.377 e. The first-order chi connectivity index (χ1) is 9.70. The molecule has 20 heavy (non-hydrogen) atoms. The highest BCUT2D eigenvalue weighted by Gasteiger charge is 2.23. The van der Waals surface area contributed by atoms with Crippen LogP contribution in [0.4, 0.5) is 0 Å². The molecule has 0 bridgehead atoms. The number of hydrogen-bond acceptors (Lipinski definition) is 3. The highest BCUT2D eigenvalue weighted by atomic mass is 16.5. The van der Waals surface area contributed by atoms with Crippen LogP contribution in [0.25, 0.3) is 0 Å². The zero-order valence-corrected chi connectivity index (χ0v) is 12.8. The van der Waals surface area contributed by atoms with Gasteiger partial charge >= 0.3 is 0 Å². The van der Waals surface area contributed by atoms with E-state index in [9.17, 15) is 0 Å². The number of rotatable bonds is 6. The van der Waals surface area contributed by atoms with Crippen molar-refractivity contribution < 1.29 is 4.74 Å². The number of benzene rings is 1. The molecule has 3 atom stereocenters. The van der Waals surface area contributed by atoms with Crippen molar-refractivity contribution in [3.63, 3.8) is 0 Å². The van der Waals surface area contributed by atoms with Crippen LogP contribution >= 0.6 is 0 Å². The van der Waals surface area contributed by atoms with E-state index in [-0.39, 0.29) is 6.04 Å². The summed E-state index contributed by atoms with van der Waals surface area (Å²) in [6, 6.07) is 10.5. The van der Waals surface area contributed by atoms with Gasteiger partial charge in [-0.1, -0.05) is 37.3 Å². The van der Waals surface area contributed by atoms with E-state index in [1.807, 2.05) is 6.07 Å². The van der Waals surface area contributed by atoms with Gasteiger partial charge in [0.2, 0.25) is 0 Å². The molecule has 1 saturated heterocycles. The standard InChI is InChI=1S/C17H28N2O/c1-3-20-16-10-7-11-19(13-16)12-14(2)17(18)15-8-5-4-6-9-15/h4-6,8-9,14,16-17H,3,7,10-13,18H2,1-2H3. The number of piperidine rings is 1. The van der Waals surface area contributed by atoms with Crippen LogP contribution < -0.4 is 5.73 Å². The van der Waals surface area contributed by atoms with Gasteiger partial charge in [-0.25, -0.2) is 0 Å².